The maximum Gasteiger partial charge on any atom is 0.247 e. The molecule has 0 bridgehead atoms. The average molecular weight is 362 g/mol. The molecule has 3 aromatic rings. The van der Waals surface area contributed by atoms with Gasteiger partial charge in [0.15, 0.2) is 5.82 Å². The molecule has 0 amide bonds. The Hall–Kier alpha value is -3.02. The van der Waals surface area contributed by atoms with Gasteiger partial charge >= 0.3 is 0 Å². The first kappa shape index (κ1) is 18.8. The van der Waals surface area contributed by atoms with E-state index in [1.807, 2.05) is 36.5 Å². The van der Waals surface area contributed by atoms with E-state index in [1.54, 1.807) is 6.20 Å². The molecule has 0 fully saturated rings. The molecule has 1 N–H and O–H groups in total. The minimum absolute atomic E-state index is 0.421. The summed E-state index contributed by atoms with van der Waals surface area (Å²) < 4.78 is 0. The molecule has 6 heteroatoms. The van der Waals surface area contributed by atoms with Crippen molar-refractivity contribution >= 4 is 17.5 Å². The molecule has 0 atom stereocenters. The molecule has 0 saturated heterocycles. The van der Waals surface area contributed by atoms with Crippen LogP contribution in [0.1, 0.15) is 36.5 Å². The molecule has 0 radical (unpaired) electrons. The molecule has 0 saturated carbocycles. The van der Waals surface area contributed by atoms with Crippen molar-refractivity contribution in [3.05, 3.63) is 65.6 Å². The van der Waals surface area contributed by atoms with E-state index < -0.39 is 0 Å². The molecule has 0 spiro atoms. The SMILES string of the molecule is Cc1cccc(C(C)C)c1Nc1cnnc(N(C)CCc2ccncc2)n1. The third kappa shape index (κ3) is 4.78. The van der Waals surface area contributed by atoms with Crippen molar-refractivity contribution < 1.29 is 0 Å². The van der Waals surface area contributed by atoms with Crippen LogP contribution in [0.2, 0.25) is 0 Å². The first-order valence-electron chi connectivity index (χ1n) is 9.21. The van der Waals surface area contributed by atoms with Gasteiger partial charge in [-0.05, 0) is 48.1 Å². The molecule has 0 aliphatic carbocycles. The lowest BCUT2D eigenvalue weighted by Gasteiger charge is -2.19. The number of aromatic nitrogens is 4. The zero-order valence-electron chi connectivity index (χ0n) is 16.3. The lowest BCUT2D eigenvalue weighted by molar-refractivity contribution is 0.811. The first-order valence-corrected chi connectivity index (χ1v) is 9.21. The number of likely N-dealkylation sites (N-methyl/N-ethyl adjacent to an activating group) is 1. The van der Waals surface area contributed by atoms with Crippen LogP contribution in [0.4, 0.5) is 17.5 Å². The summed E-state index contributed by atoms with van der Waals surface area (Å²) in [6, 6.07) is 10.4. The number of hydrogen-bond donors (Lipinski definition) is 1. The number of aryl methyl sites for hydroxylation is 1. The largest absolute Gasteiger partial charge is 0.342 e. The second-order valence-corrected chi connectivity index (χ2v) is 6.99. The lowest BCUT2D eigenvalue weighted by atomic mass is 9.98. The maximum absolute atomic E-state index is 4.65. The molecule has 3 rings (SSSR count). The van der Waals surface area contributed by atoms with Crippen LogP contribution >= 0.6 is 0 Å². The van der Waals surface area contributed by atoms with Gasteiger partial charge in [0.25, 0.3) is 0 Å². The van der Waals surface area contributed by atoms with Crippen molar-refractivity contribution in [1.82, 2.24) is 20.2 Å². The molecular formula is C21H26N6. The Morgan fingerprint density at radius 1 is 1.11 bits per heavy atom. The van der Waals surface area contributed by atoms with Crippen LogP contribution in [0, 0.1) is 6.92 Å². The summed E-state index contributed by atoms with van der Waals surface area (Å²) in [5.74, 6) is 1.73. The topological polar surface area (TPSA) is 66.8 Å². The summed E-state index contributed by atoms with van der Waals surface area (Å²) >= 11 is 0. The van der Waals surface area contributed by atoms with E-state index in [0.717, 1.165) is 18.7 Å². The van der Waals surface area contributed by atoms with Crippen molar-refractivity contribution in [2.45, 2.75) is 33.1 Å². The Morgan fingerprint density at radius 2 is 1.89 bits per heavy atom. The monoisotopic (exact) mass is 362 g/mol. The third-order valence-corrected chi connectivity index (χ3v) is 4.55. The number of hydrogen-bond acceptors (Lipinski definition) is 6. The van der Waals surface area contributed by atoms with E-state index >= 15 is 0 Å². The summed E-state index contributed by atoms with van der Waals surface area (Å²) in [6.07, 6.45) is 6.19. The highest BCUT2D eigenvalue weighted by molar-refractivity contribution is 5.65. The van der Waals surface area contributed by atoms with Crippen molar-refractivity contribution in [1.29, 1.82) is 0 Å². The predicted octanol–water partition coefficient (Wildman–Crippen LogP) is 4.12. The summed E-state index contributed by atoms with van der Waals surface area (Å²) in [7, 11) is 1.98. The minimum atomic E-state index is 0.421. The Bertz CT molecular complexity index is 879. The Morgan fingerprint density at radius 3 is 2.63 bits per heavy atom. The molecule has 1 aromatic carbocycles. The first-order chi connectivity index (χ1) is 13.0. The molecule has 2 heterocycles. The number of nitrogens with one attached hydrogen (secondary N) is 1. The van der Waals surface area contributed by atoms with Gasteiger partial charge in [-0.3, -0.25) is 4.98 Å². The van der Waals surface area contributed by atoms with E-state index in [-0.39, 0.29) is 0 Å². The third-order valence-electron chi connectivity index (χ3n) is 4.55. The van der Waals surface area contributed by atoms with Gasteiger partial charge in [0, 0.05) is 31.7 Å². The number of anilines is 3. The summed E-state index contributed by atoms with van der Waals surface area (Å²) in [4.78, 5) is 10.7. The van der Waals surface area contributed by atoms with Crippen molar-refractivity contribution in [3.63, 3.8) is 0 Å². The van der Waals surface area contributed by atoms with Gasteiger partial charge in [0.1, 0.15) is 0 Å². The van der Waals surface area contributed by atoms with Crippen LogP contribution in [0.5, 0.6) is 0 Å². The zero-order valence-corrected chi connectivity index (χ0v) is 16.3. The number of pyridine rings is 1. The van der Waals surface area contributed by atoms with Gasteiger partial charge in [-0.15, -0.1) is 5.10 Å². The Balaban J connectivity index is 1.74. The van der Waals surface area contributed by atoms with Crippen molar-refractivity contribution in [3.8, 4) is 0 Å². The van der Waals surface area contributed by atoms with E-state index in [0.29, 0.717) is 17.7 Å². The fourth-order valence-electron chi connectivity index (χ4n) is 2.93. The zero-order chi connectivity index (χ0) is 19.2. The van der Waals surface area contributed by atoms with Gasteiger partial charge in [-0.1, -0.05) is 32.0 Å². The maximum atomic E-state index is 4.65. The van der Waals surface area contributed by atoms with Crippen molar-refractivity contribution in [2.24, 2.45) is 0 Å². The van der Waals surface area contributed by atoms with E-state index in [4.69, 9.17) is 0 Å². The number of nitrogens with zero attached hydrogens (tertiary/aromatic N) is 5. The molecule has 140 valence electrons. The normalized spacial score (nSPS) is 10.9. The van der Waals surface area contributed by atoms with Crippen LogP contribution in [0.25, 0.3) is 0 Å². The highest BCUT2D eigenvalue weighted by atomic mass is 15.3. The molecule has 0 unspecified atom stereocenters. The highest BCUT2D eigenvalue weighted by Gasteiger charge is 2.12. The standard InChI is InChI=1S/C21H26N6/c1-15(2)18-7-5-6-16(3)20(18)24-19-14-23-26-21(25-19)27(4)13-10-17-8-11-22-12-9-17/h5-9,11-12,14-15H,10,13H2,1-4H3,(H,24,25,26). The van der Waals surface area contributed by atoms with Crippen LogP contribution in [0.15, 0.2) is 48.9 Å². The van der Waals surface area contributed by atoms with Gasteiger partial charge in [-0.25, -0.2) is 0 Å². The summed E-state index contributed by atoms with van der Waals surface area (Å²) in [5.41, 5.74) is 4.78. The second kappa shape index (κ2) is 8.58. The molecular weight excluding hydrogens is 336 g/mol. The Kier molecular flexibility index (Phi) is 5.96. The molecule has 27 heavy (non-hydrogen) atoms. The van der Waals surface area contributed by atoms with Gasteiger partial charge < -0.3 is 10.2 Å². The fraction of sp³-hybridized carbons (Fsp3) is 0.333. The van der Waals surface area contributed by atoms with Crippen LogP contribution in [0.3, 0.4) is 0 Å². The van der Waals surface area contributed by atoms with Crippen LogP contribution < -0.4 is 10.2 Å². The lowest BCUT2D eigenvalue weighted by Crippen LogP contribution is -2.23. The fourth-order valence-corrected chi connectivity index (χ4v) is 2.93. The summed E-state index contributed by atoms with van der Waals surface area (Å²) in [6.45, 7) is 7.29. The molecule has 2 aromatic heterocycles. The van der Waals surface area contributed by atoms with Crippen molar-refractivity contribution in [2.75, 3.05) is 23.8 Å². The smallest absolute Gasteiger partial charge is 0.247 e. The van der Waals surface area contributed by atoms with E-state index in [1.165, 1.54) is 16.7 Å². The minimum Gasteiger partial charge on any atom is -0.342 e. The summed E-state index contributed by atoms with van der Waals surface area (Å²) in [5, 5.41) is 11.8. The molecule has 6 nitrogen and oxygen atoms in total. The molecule has 0 aliphatic rings. The van der Waals surface area contributed by atoms with Crippen LogP contribution in [-0.4, -0.2) is 33.8 Å². The second-order valence-electron chi connectivity index (χ2n) is 6.99. The average Bonchev–Trinajstić information content (AvgIpc) is 2.68. The van der Waals surface area contributed by atoms with Crippen LogP contribution in [-0.2, 0) is 6.42 Å². The van der Waals surface area contributed by atoms with Gasteiger partial charge in [0.2, 0.25) is 5.95 Å². The Labute approximate surface area is 160 Å². The quantitative estimate of drug-likeness (QED) is 0.682. The van der Waals surface area contributed by atoms with E-state index in [9.17, 15) is 0 Å². The number of rotatable bonds is 7. The number of benzene rings is 1. The highest BCUT2D eigenvalue weighted by Crippen LogP contribution is 2.29. The molecule has 0 aliphatic heterocycles. The van der Waals surface area contributed by atoms with E-state index in [2.05, 4.69) is 64.5 Å². The predicted molar refractivity (Wildman–Crippen MR) is 110 cm³/mol. The number of para-hydroxylation sites is 1. The van der Waals surface area contributed by atoms with Gasteiger partial charge in [-0.2, -0.15) is 10.1 Å². The van der Waals surface area contributed by atoms with Gasteiger partial charge in [0.05, 0.1) is 6.20 Å².